The molecule has 4 nitrogen and oxygen atoms in total. The summed E-state index contributed by atoms with van der Waals surface area (Å²) in [6, 6.07) is 3.26. The Morgan fingerprint density at radius 2 is 2.40 bits per heavy atom. The van der Waals surface area contributed by atoms with Gasteiger partial charge >= 0.3 is 5.97 Å². The van der Waals surface area contributed by atoms with Gasteiger partial charge in [0.2, 0.25) is 5.76 Å². The molecule has 0 aromatic carbocycles. The van der Waals surface area contributed by atoms with Crippen LogP contribution in [0.15, 0.2) is 22.8 Å². The maximum atomic E-state index is 11.3. The lowest BCUT2D eigenvalue weighted by Crippen LogP contribution is -2.18. The smallest absolute Gasteiger partial charge is 0.374 e. The molecule has 1 aromatic heterocycles. The number of rotatable bonds is 7. The van der Waals surface area contributed by atoms with Crippen molar-refractivity contribution in [3.8, 4) is 0 Å². The van der Waals surface area contributed by atoms with Crippen molar-refractivity contribution in [2.45, 2.75) is 19.8 Å². The highest BCUT2D eigenvalue weighted by molar-refractivity contribution is 5.86. The van der Waals surface area contributed by atoms with Gasteiger partial charge in [0.15, 0.2) is 0 Å². The third kappa shape index (κ3) is 4.65. The Morgan fingerprint density at radius 1 is 1.53 bits per heavy atom. The zero-order valence-electron chi connectivity index (χ0n) is 8.99. The average Bonchev–Trinajstić information content (AvgIpc) is 2.76. The van der Waals surface area contributed by atoms with E-state index in [0.29, 0.717) is 6.61 Å². The van der Waals surface area contributed by atoms with Gasteiger partial charge in [-0.1, -0.05) is 6.92 Å². The van der Waals surface area contributed by atoms with Crippen molar-refractivity contribution >= 4 is 5.97 Å². The van der Waals surface area contributed by atoms with Crippen LogP contribution in [0.3, 0.4) is 0 Å². The van der Waals surface area contributed by atoms with E-state index in [-0.39, 0.29) is 5.76 Å². The van der Waals surface area contributed by atoms with Crippen LogP contribution in [-0.2, 0) is 4.74 Å². The number of carbonyl (C=O) groups excluding carboxylic acids is 1. The fourth-order valence-corrected chi connectivity index (χ4v) is 1.13. The maximum absolute atomic E-state index is 11.3. The SMILES string of the molecule is CCCNCCCOC(=O)c1ccco1. The molecule has 0 amide bonds. The molecule has 1 aromatic rings. The van der Waals surface area contributed by atoms with E-state index in [9.17, 15) is 4.79 Å². The summed E-state index contributed by atoms with van der Waals surface area (Å²) in [7, 11) is 0. The minimum Gasteiger partial charge on any atom is -0.460 e. The number of hydrogen-bond acceptors (Lipinski definition) is 4. The highest BCUT2D eigenvalue weighted by Crippen LogP contribution is 2.02. The second-order valence-electron chi connectivity index (χ2n) is 3.22. The van der Waals surface area contributed by atoms with Crippen molar-refractivity contribution < 1.29 is 13.9 Å². The van der Waals surface area contributed by atoms with Gasteiger partial charge in [-0.3, -0.25) is 0 Å². The molecule has 0 atom stereocenters. The molecule has 0 saturated heterocycles. The van der Waals surface area contributed by atoms with Gasteiger partial charge < -0.3 is 14.5 Å². The van der Waals surface area contributed by atoms with Crippen molar-refractivity contribution in [2.24, 2.45) is 0 Å². The second-order valence-corrected chi connectivity index (χ2v) is 3.22. The van der Waals surface area contributed by atoms with E-state index in [4.69, 9.17) is 9.15 Å². The molecule has 0 aliphatic carbocycles. The summed E-state index contributed by atoms with van der Waals surface area (Å²) < 4.78 is 9.89. The van der Waals surface area contributed by atoms with E-state index in [2.05, 4.69) is 12.2 Å². The summed E-state index contributed by atoms with van der Waals surface area (Å²) in [5.41, 5.74) is 0. The van der Waals surface area contributed by atoms with Crippen LogP contribution in [0.5, 0.6) is 0 Å². The molecule has 1 rings (SSSR count). The molecule has 0 spiro atoms. The summed E-state index contributed by atoms with van der Waals surface area (Å²) >= 11 is 0. The number of ether oxygens (including phenoxy) is 1. The molecule has 1 N–H and O–H groups in total. The molecule has 0 saturated carbocycles. The molecule has 0 radical (unpaired) electrons. The molecule has 0 fully saturated rings. The van der Waals surface area contributed by atoms with Crippen molar-refractivity contribution in [2.75, 3.05) is 19.7 Å². The third-order valence-electron chi connectivity index (χ3n) is 1.88. The normalized spacial score (nSPS) is 10.2. The molecule has 0 aliphatic heterocycles. The molecular weight excluding hydrogens is 194 g/mol. The van der Waals surface area contributed by atoms with Crippen LogP contribution in [0.25, 0.3) is 0 Å². The van der Waals surface area contributed by atoms with Gasteiger partial charge in [0, 0.05) is 0 Å². The summed E-state index contributed by atoms with van der Waals surface area (Å²) in [6.07, 6.45) is 3.40. The van der Waals surface area contributed by atoms with Crippen LogP contribution < -0.4 is 5.32 Å². The molecule has 0 aliphatic rings. The molecule has 84 valence electrons. The number of carbonyl (C=O) groups is 1. The minimum absolute atomic E-state index is 0.261. The van der Waals surface area contributed by atoms with Crippen LogP contribution >= 0.6 is 0 Å². The lowest BCUT2D eigenvalue weighted by Gasteiger charge is -2.03. The van der Waals surface area contributed by atoms with E-state index in [1.54, 1.807) is 12.1 Å². The lowest BCUT2D eigenvalue weighted by molar-refractivity contribution is 0.0464. The first kappa shape index (κ1) is 11.8. The fraction of sp³-hybridized carbons (Fsp3) is 0.545. The van der Waals surface area contributed by atoms with Gasteiger partial charge in [0.25, 0.3) is 0 Å². The predicted molar refractivity (Wildman–Crippen MR) is 56.8 cm³/mol. The van der Waals surface area contributed by atoms with Crippen molar-refractivity contribution in [1.82, 2.24) is 5.32 Å². The van der Waals surface area contributed by atoms with Gasteiger partial charge in [-0.25, -0.2) is 4.79 Å². The summed E-state index contributed by atoms with van der Waals surface area (Å²) in [4.78, 5) is 11.3. The van der Waals surface area contributed by atoms with Gasteiger partial charge in [-0.05, 0) is 38.1 Å². The number of furan rings is 1. The fourth-order valence-electron chi connectivity index (χ4n) is 1.13. The van der Waals surface area contributed by atoms with Gasteiger partial charge in [0.1, 0.15) is 0 Å². The first-order valence-electron chi connectivity index (χ1n) is 5.26. The number of nitrogens with one attached hydrogen (secondary N) is 1. The van der Waals surface area contributed by atoms with E-state index in [0.717, 1.165) is 25.9 Å². The van der Waals surface area contributed by atoms with Crippen LogP contribution in [0.2, 0.25) is 0 Å². The van der Waals surface area contributed by atoms with Crippen LogP contribution in [0.4, 0.5) is 0 Å². The molecule has 15 heavy (non-hydrogen) atoms. The molecule has 1 heterocycles. The predicted octanol–water partition coefficient (Wildman–Crippen LogP) is 1.83. The maximum Gasteiger partial charge on any atom is 0.374 e. The highest BCUT2D eigenvalue weighted by Gasteiger charge is 2.08. The Labute approximate surface area is 89.6 Å². The molecule has 0 unspecified atom stereocenters. The average molecular weight is 211 g/mol. The van der Waals surface area contributed by atoms with E-state index in [1.807, 2.05) is 0 Å². The molecule has 4 heteroatoms. The Balaban J connectivity index is 2.03. The summed E-state index contributed by atoms with van der Waals surface area (Å²) in [5.74, 6) is -0.132. The zero-order valence-corrected chi connectivity index (χ0v) is 8.99. The first-order chi connectivity index (χ1) is 7.34. The zero-order chi connectivity index (χ0) is 10.9. The Morgan fingerprint density at radius 3 is 3.07 bits per heavy atom. The highest BCUT2D eigenvalue weighted by atomic mass is 16.5. The van der Waals surface area contributed by atoms with E-state index < -0.39 is 5.97 Å². The molecular formula is C11H17NO3. The van der Waals surface area contributed by atoms with Crippen molar-refractivity contribution in [3.05, 3.63) is 24.2 Å². The van der Waals surface area contributed by atoms with Crippen LogP contribution in [0, 0.1) is 0 Å². The topological polar surface area (TPSA) is 51.5 Å². The van der Waals surface area contributed by atoms with Gasteiger partial charge in [0.05, 0.1) is 12.9 Å². The summed E-state index contributed by atoms with van der Waals surface area (Å²) in [6.45, 7) is 4.42. The van der Waals surface area contributed by atoms with Gasteiger partial charge in [-0.15, -0.1) is 0 Å². The quantitative estimate of drug-likeness (QED) is 0.552. The largest absolute Gasteiger partial charge is 0.460 e. The molecule has 0 bridgehead atoms. The third-order valence-corrected chi connectivity index (χ3v) is 1.88. The van der Waals surface area contributed by atoms with Crippen molar-refractivity contribution in [3.63, 3.8) is 0 Å². The van der Waals surface area contributed by atoms with Crippen LogP contribution in [0.1, 0.15) is 30.3 Å². The summed E-state index contributed by atoms with van der Waals surface area (Å²) in [5, 5.41) is 3.23. The van der Waals surface area contributed by atoms with Crippen LogP contribution in [-0.4, -0.2) is 25.7 Å². The Bertz CT molecular complexity index is 269. The van der Waals surface area contributed by atoms with E-state index in [1.165, 1.54) is 6.26 Å². The standard InChI is InChI=1S/C11H17NO3/c1-2-6-12-7-4-9-15-11(13)10-5-3-8-14-10/h3,5,8,12H,2,4,6-7,9H2,1H3. The first-order valence-corrected chi connectivity index (χ1v) is 5.26. The number of hydrogen-bond donors (Lipinski definition) is 1. The number of esters is 1. The lowest BCUT2D eigenvalue weighted by atomic mass is 10.4. The van der Waals surface area contributed by atoms with E-state index >= 15 is 0 Å². The monoisotopic (exact) mass is 211 g/mol. The Kier molecular flexibility index (Phi) is 5.55. The second kappa shape index (κ2) is 7.06. The minimum atomic E-state index is -0.393. The Hall–Kier alpha value is -1.29. The van der Waals surface area contributed by atoms with Gasteiger partial charge in [-0.2, -0.15) is 0 Å². The van der Waals surface area contributed by atoms with Crippen molar-refractivity contribution in [1.29, 1.82) is 0 Å².